The monoisotopic (exact) mass is 378 g/mol. The highest BCUT2D eigenvalue weighted by Gasteiger charge is 2.76. The second-order valence-electron chi connectivity index (χ2n) is 8.92. The van der Waals surface area contributed by atoms with Gasteiger partial charge in [-0.1, -0.05) is 26.5 Å². The fourth-order valence-corrected chi connectivity index (χ4v) is 5.00. The first-order chi connectivity index (χ1) is 12.5. The Morgan fingerprint density at radius 2 is 2.07 bits per heavy atom. The van der Waals surface area contributed by atoms with Crippen LogP contribution in [-0.4, -0.2) is 46.1 Å². The third-order valence-corrected chi connectivity index (χ3v) is 6.51. The summed E-state index contributed by atoms with van der Waals surface area (Å²) in [5.41, 5.74) is -3.39. The predicted octanol–water partition coefficient (Wildman–Crippen LogP) is 1.84. The highest BCUT2D eigenvalue weighted by atomic mass is 17.2. The third kappa shape index (κ3) is 2.38. The van der Waals surface area contributed by atoms with Crippen molar-refractivity contribution in [3.05, 3.63) is 24.3 Å². The molecule has 1 N–H and O–H groups in total. The van der Waals surface area contributed by atoms with Gasteiger partial charge in [-0.15, -0.1) is 0 Å². The molecule has 0 aromatic heterocycles. The molecular formula is C20H26O7. The Morgan fingerprint density at radius 1 is 1.37 bits per heavy atom. The molecule has 3 fully saturated rings. The van der Waals surface area contributed by atoms with Crippen LogP contribution in [0.25, 0.3) is 0 Å². The van der Waals surface area contributed by atoms with Crippen LogP contribution in [-0.2, 0) is 28.8 Å². The molecule has 0 aromatic carbocycles. The number of rotatable bonds is 3. The van der Waals surface area contributed by atoms with Crippen molar-refractivity contribution in [3.63, 3.8) is 0 Å². The van der Waals surface area contributed by atoms with E-state index in [0.29, 0.717) is 5.57 Å². The Balaban J connectivity index is 1.77. The number of fused-ring (bicyclic) bond motifs is 1. The van der Waals surface area contributed by atoms with Gasteiger partial charge in [0.25, 0.3) is 0 Å². The number of hydrogen-bond donors (Lipinski definition) is 1. The number of aliphatic hydroxyl groups is 1. The van der Waals surface area contributed by atoms with Gasteiger partial charge in [-0.05, 0) is 32.3 Å². The predicted molar refractivity (Wildman–Crippen MR) is 93.0 cm³/mol. The number of hydrogen-bond acceptors (Lipinski definition) is 7. The Hall–Kier alpha value is -1.70. The summed E-state index contributed by atoms with van der Waals surface area (Å²) in [6.45, 7) is 11.1. The summed E-state index contributed by atoms with van der Waals surface area (Å²) < 4.78 is 11.3. The van der Waals surface area contributed by atoms with Crippen molar-refractivity contribution in [2.75, 3.05) is 0 Å². The van der Waals surface area contributed by atoms with Crippen LogP contribution in [0.2, 0.25) is 0 Å². The van der Waals surface area contributed by atoms with Gasteiger partial charge in [0, 0.05) is 17.9 Å². The van der Waals surface area contributed by atoms with E-state index >= 15 is 0 Å². The van der Waals surface area contributed by atoms with Gasteiger partial charge < -0.3 is 14.6 Å². The third-order valence-electron chi connectivity index (χ3n) is 6.51. The van der Waals surface area contributed by atoms with Gasteiger partial charge >= 0.3 is 11.9 Å². The zero-order valence-corrected chi connectivity index (χ0v) is 16.1. The molecule has 4 aliphatic rings. The molecule has 2 aliphatic heterocycles. The van der Waals surface area contributed by atoms with Crippen molar-refractivity contribution in [2.24, 2.45) is 17.8 Å². The lowest BCUT2D eigenvalue weighted by Gasteiger charge is -2.43. The molecule has 27 heavy (non-hydrogen) atoms. The smallest absolute Gasteiger partial charge is 0.334 e. The molecule has 2 bridgehead atoms. The van der Waals surface area contributed by atoms with Crippen molar-refractivity contribution in [3.8, 4) is 0 Å². The highest BCUT2D eigenvalue weighted by Crippen LogP contribution is 2.61. The van der Waals surface area contributed by atoms with E-state index in [0.717, 1.165) is 0 Å². The van der Waals surface area contributed by atoms with E-state index in [-0.39, 0.29) is 18.8 Å². The molecule has 0 aromatic rings. The van der Waals surface area contributed by atoms with E-state index in [1.807, 2.05) is 26.8 Å². The minimum Gasteiger partial charge on any atom is -0.459 e. The molecule has 0 radical (unpaired) electrons. The summed E-state index contributed by atoms with van der Waals surface area (Å²) in [6, 6.07) is 0. The maximum absolute atomic E-state index is 12.4. The van der Waals surface area contributed by atoms with Crippen molar-refractivity contribution < 1.29 is 33.9 Å². The topological polar surface area (TPSA) is 91.3 Å². The van der Waals surface area contributed by atoms with Gasteiger partial charge in [0.2, 0.25) is 0 Å². The number of esters is 2. The Labute approximate surface area is 158 Å². The van der Waals surface area contributed by atoms with Gasteiger partial charge in [-0.2, -0.15) is 0 Å². The Bertz CT molecular complexity index is 739. The van der Waals surface area contributed by atoms with Gasteiger partial charge in [0.1, 0.15) is 23.4 Å². The summed E-state index contributed by atoms with van der Waals surface area (Å²) in [5.74, 6) is -1.61. The summed E-state index contributed by atoms with van der Waals surface area (Å²) in [5, 5.41) is 11.6. The average molecular weight is 378 g/mol. The number of carbonyl (C=O) groups is 2. The molecule has 2 heterocycles. The van der Waals surface area contributed by atoms with Crippen molar-refractivity contribution in [2.45, 2.75) is 69.5 Å². The van der Waals surface area contributed by atoms with E-state index in [4.69, 9.17) is 19.2 Å². The van der Waals surface area contributed by atoms with E-state index in [1.165, 1.54) is 0 Å². The first kappa shape index (κ1) is 18.7. The van der Waals surface area contributed by atoms with E-state index in [2.05, 4.69) is 6.58 Å². The Morgan fingerprint density at radius 3 is 2.67 bits per heavy atom. The fourth-order valence-electron chi connectivity index (χ4n) is 5.00. The molecule has 0 spiro atoms. The van der Waals surface area contributed by atoms with Crippen LogP contribution in [0.4, 0.5) is 0 Å². The summed E-state index contributed by atoms with van der Waals surface area (Å²) in [7, 11) is 0. The average Bonchev–Trinajstić information content (AvgIpc) is 3.11. The summed E-state index contributed by atoms with van der Waals surface area (Å²) in [4.78, 5) is 35.8. The van der Waals surface area contributed by atoms with Gasteiger partial charge in [-0.3, -0.25) is 4.79 Å². The highest BCUT2D eigenvalue weighted by molar-refractivity contribution is 5.91. The van der Waals surface area contributed by atoms with Crippen molar-refractivity contribution in [1.29, 1.82) is 0 Å². The fraction of sp³-hybridized carbons (Fsp3) is 0.700. The van der Waals surface area contributed by atoms with Crippen LogP contribution in [0.5, 0.6) is 0 Å². The first-order valence-electron chi connectivity index (χ1n) is 9.41. The van der Waals surface area contributed by atoms with Crippen molar-refractivity contribution in [1.82, 2.24) is 0 Å². The lowest BCUT2D eigenvalue weighted by atomic mass is 9.70. The minimum atomic E-state index is -1.58. The van der Waals surface area contributed by atoms with Gasteiger partial charge in [0.05, 0.1) is 5.92 Å². The van der Waals surface area contributed by atoms with Crippen LogP contribution in [0.15, 0.2) is 24.3 Å². The zero-order chi connectivity index (χ0) is 19.8. The molecule has 7 nitrogen and oxygen atoms in total. The minimum absolute atomic E-state index is 0.124. The zero-order valence-electron chi connectivity index (χ0n) is 16.1. The van der Waals surface area contributed by atoms with Crippen LogP contribution in [0.1, 0.15) is 40.5 Å². The van der Waals surface area contributed by atoms with Crippen LogP contribution in [0, 0.1) is 17.8 Å². The van der Waals surface area contributed by atoms with E-state index in [1.54, 1.807) is 13.0 Å². The normalized spacial score (nSPS) is 47.6. The Kier molecular flexibility index (Phi) is 3.91. The van der Waals surface area contributed by atoms with E-state index < -0.39 is 52.8 Å². The second-order valence-corrected chi connectivity index (χ2v) is 8.92. The molecule has 2 aliphatic carbocycles. The lowest BCUT2D eigenvalue weighted by Crippen LogP contribution is -2.62. The molecule has 2 saturated heterocycles. The van der Waals surface area contributed by atoms with Crippen molar-refractivity contribution >= 4 is 11.9 Å². The largest absolute Gasteiger partial charge is 0.459 e. The molecule has 0 amide bonds. The molecule has 7 unspecified atom stereocenters. The summed E-state index contributed by atoms with van der Waals surface area (Å²) in [6.07, 6.45) is 2.56. The summed E-state index contributed by atoms with van der Waals surface area (Å²) >= 11 is 0. The molecule has 148 valence electrons. The lowest BCUT2D eigenvalue weighted by molar-refractivity contribution is -0.366. The maximum atomic E-state index is 12.4. The molecule has 4 rings (SSSR count). The molecule has 7 atom stereocenters. The van der Waals surface area contributed by atoms with Crippen LogP contribution >= 0.6 is 0 Å². The quantitative estimate of drug-likeness (QED) is 0.347. The molecular weight excluding hydrogens is 352 g/mol. The molecule has 1 saturated carbocycles. The molecule has 7 heteroatoms. The second kappa shape index (κ2) is 5.65. The van der Waals surface area contributed by atoms with Gasteiger partial charge in [0.15, 0.2) is 5.60 Å². The van der Waals surface area contributed by atoms with Gasteiger partial charge in [-0.25, -0.2) is 14.6 Å². The SMILES string of the molecule is C=C1C(=O)OC2C1CC(OC(=O)CC(C)C)C(C)(O)C13C=CC(C)(OO1)C23. The van der Waals surface area contributed by atoms with E-state index in [9.17, 15) is 14.7 Å². The number of ether oxygens (including phenoxy) is 2. The number of carbonyl (C=O) groups excluding carboxylic acids is 2. The standard InChI is InChI=1S/C20H26O7/c1-10(2)8-14(21)24-13-9-12-11(3)17(22)25-15(12)16-18(4)6-7-20(16,27-26-18)19(13,5)23/h6-7,10,12-13,15-16,23H,3,8-9H2,1-2,4-5H3. The first-order valence-corrected chi connectivity index (χ1v) is 9.41. The van der Waals surface area contributed by atoms with Crippen LogP contribution < -0.4 is 0 Å². The van der Waals surface area contributed by atoms with Crippen LogP contribution in [0.3, 0.4) is 0 Å². The maximum Gasteiger partial charge on any atom is 0.334 e.